The van der Waals surface area contributed by atoms with Crippen LogP contribution in [0.2, 0.25) is 0 Å². The van der Waals surface area contributed by atoms with Crippen LogP contribution in [0.15, 0.2) is 23.7 Å². The van der Waals surface area contributed by atoms with E-state index in [-0.39, 0.29) is 11.8 Å². The summed E-state index contributed by atoms with van der Waals surface area (Å²) in [7, 11) is 0. The number of hydrogen-bond donors (Lipinski definition) is 2. The van der Waals surface area contributed by atoms with E-state index in [4.69, 9.17) is 4.74 Å². The molecule has 0 aliphatic carbocycles. The van der Waals surface area contributed by atoms with Gasteiger partial charge in [0.05, 0.1) is 6.04 Å². The smallest absolute Gasteiger partial charge is 0.206 e. The molecule has 0 spiro atoms. The van der Waals surface area contributed by atoms with Gasteiger partial charge in [-0.15, -0.1) is 10.2 Å². The highest BCUT2D eigenvalue weighted by Gasteiger charge is 2.24. The zero-order valence-corrected chi connectivity index (χ0v) is 9.07. The van der Waals surface area contributed by atoms with Crippen molar-refractivity contribution in [2.45, 2.75) is 6.04 Å². The summed E-state index contributed by atoms with van der Waals surface area (Å²) in [5.74, 6) is 0.942. The Hall–Kier alpha value is -1.82. The minimum absolute atomic E-state index is 0.0727. The summed E-state index contributed by atoms with van der Waals surface area (Å²) < 4.78 is 5.47. The molecule has 1 aliphatic rings. The standard InChI is InChI=1S/C10H9N3O2S/c14-6-1-2-7-8(4-15-9(7)3-6)12-10-13-11-5-16-10/h1-3,5,8,14H,4H2,(H,12,13). The second kappa shape index (κ2) is 3.64. The quantitative estimate of drug-likeness (QED) is 0.830. The summed E-state index contributed by atoms with van der Waals surface area (Å²) in [4.78, 5) is 0. The summed E-state index contributed by atoms with van der Waals surface area (Å²) in [5, 5.41) is 21.0. The predicted octanol–water partition coefficient (Wildman–Crippen LogP) is 1.79. The van der Waals surface area contributed by atoms with Crippen LogP contribution >= 0.6 is 11.3 Å². The number of ether oxygens (including phenoxy) is 1. The minimum Gasteiger partial charge on any atom is -0.508 e. The molecule has 82 valence electrons. The van der Waals surface area contributed by atoms with E-state index in [1.807, 2.05) is 6.07 Å². The van der Waals surface area contributed by atoms with E-state index in [9.17, 15) is 5.11 Å². The van der Waals surface area contributed by atoms with Gasteiger partial charge >= 0.3 is 0 Å². The summed E-state index contributed by atoms with van der Waals surface area (Å²) in [6.45, 7) is 0.540. The van der Waals surface area contributed by atoms with Crippen molar-refractivity contribution in [2.24, 2.45) is 0 Å². The molecule has 16 heavy (non-hydrogen) atoms. The van der Waals surface area contributed by atoms with Gasteiger partial charge in [0, 0.05) is 11.6 Å². The Balaban J connectivity index is 1.86. The zero-order valence-electron chi connectivity index (χ0n) is 8.25. The second-order valence-corrected chi connectivity index (χ2v) is 4.31. The molecule has 0 saturated heterocycles. The van der Waals surface area contributed by atoms with Gasteiger partial charge in [-0.2, -0.15) is 0 Å². The average Bonchev–Trinajstić information content (AvgIpc) is 2.89. The largest absolute Gasteiger partial charge is 0.508 e. The van der Waals surface area contributed by atoms with Crippen LogP contribution in [0, 0.1) is 0 Å². The minimum atomic E-state index is 0.0727. The number of nitrogens with one attached hydrogen (secondary N) is 1. The van der Waals surface area contributed by atoms with Gasteiger partial charge < -0.3 is 15.2 Å². The molecule has 3 rings (SSSR count). The van der Waals surface area contributed by atoms with Crippen molar-refractivity contribution in [1.82, 2.24) is 10.2 Å². The topological polar surface area (TPSA) is 67.3 Å². The maximum absolute atomic E-state index is 9.32. The van der Waals surface area contributed by atoms with Crippen molar-refractivity contribution in [2.75, 3.05) is 11.9 Å². The maximum Gasteiger partial charge on any atom is 0.206 e. The molecule has 2 heterocycles. The fourth-order valence-electron chi connectivity index (χ4n) is 1.70. The molecule has 1 atom stereocenters. The fraction of sp³-hybridized carbons (Fsp3) is 0.200. The second-order valence-electron chi connectivity index (χ2n) is 3.47. The molecule has 2 N–H and O–H groups in total. The van der Waals surface area contributed by atoms with Crippen molar-refractivity contribution < 1.29 is 9.84 Å². The first-order chi connectivity index (χ1) is 7.83. The van der Waals surface area contributed by atoms with Gasteiger partial charge in [0.25, 0.3) is 0 Å². The summed E-state index contributed by atoms with van der Waals surface area (Å²) >= 11 is 1.45. The molecule has 1 aromatic carbocycles. The first-order valence-corrected chi connectivity index (χ1v) is 5.69. The lowest BCUT2D eigenvalue weighted by atomic mass is 10.1. The number of aromatic hydroxyl groups is 1. The number of hydrogen-bond acceptors (Lipinski definition) is 6. The van der Waals surface area contributed by atoms with Crippen molar-refractivity contribution in [3.05, 3.63) is 29.3 Å². The molecule has 6 heteroatoms. The van der Waals surface area contributed by atoms with E-state index in [1.54, 1.807) is 17.6 Å². The van der Waals surface area contributed by atoms with Crippen LogP contribution in [0.25, 0.3) is 0 Å². The van der Waals surface area contributed by atoms with Crippen LogP contribution in [-0.2, 0) is 0 Å². The number of fused-ring (bicyclic) bond motifs is 1. The van der Waals surface area contributed by atoms with Crippen LogP contribution in [-0.4, -0.2) is 21.9 Å². The third kappa shape index (κ3) is 1.57. The highest BCUT2D eigenvalue weighted by molar-refractivity contribution is 7.13. The Labute approximate surface area is 95.7 Å². The van der Waals surface area contributed by atoms with Crippen molar-refractivity contribution in [3.63, 3.8) is 0 Å². The Morgan fingerprint density at radius 3 is 3.25 bits per heavy atom. The maximum atomic E-state index is 9.32. The summed E-state index contributed by atoms with van der Waals surface area (Å²) in [5.41, 5.74) is 2.71. The monoisotopic (exact) mass is 235 g/mol. The van der Waals surface area contributed by atoms with Crippen molar-refractivity contribution >= 4 is 16.5 Å². The normalized spacial score (nSPS) is 17.9. The molecular formula is C10H9N3O2S. The first-order valence-electron chi connectivity index (χ1n) is 4.81. The Bertz CT molecular complexity index is 501. The number of nitrogens with zero attached hydrogens (tertiary/aromatic N) is 2. The molecule has 1 unspecified atom stereocenters. The number of anilines is 1. The first kappa shape index (κ1) is 9.41. The molecule has 0 radical (unpaired) electrons. The lowest BCUT2D eigenvalue weighted by molar-refractivity contribution is 0.338. The van der Waals surface area contributed by atoms with E-state index in [0.717, 1.165) is 16.4 Å². The van der Waals surface area contributed by atoms with Crippen molar-refractivity contribution in [3.8, 4) is 11.5 Å². The van der Waals surface area contributed by atoms with Crippen LogP contribution < -0.4 is 10.1 Å². The van der Waals surface area contributed by atoms with Crippen LogP contribution in [0.3, 0.4) is 0 Å². The summed E-state index contributed by atoms with van der Waals surface area (Å²) in [6.07, 6.45) is 0. The van der Waals surface area contributed by atoms with Crippen molar-refractivity contribution in [1.29, 1.82) is 0 Å². The van der Waals surface area contributed by atoms with E-state index in [1.165, 1.54) is 11.3 Å². The third-order valence-electron chi connectivity index (χ3n) is 2.44. The highest BCUT2D eigenvalue weighted by Crippen LogP contribution is 2.36. The van der Waals surface area contributed by atoms with Gasteiger partial charge in [-0.3, -0.25) is 0 Å². The SMILES string of the molecule is Oc1ccc2c(c1)OCC2Nc1nncs1. The lowest BCUT2D eigenvalue weighted by Crippen LogP contribution is -2.11. The number of phenols is 1. The molecule has 0 fully saturated rings. The molecule has 0 bridgehead atoms. The Kier molecular flexibility index (Phi) is 2.14. The van der Waals surface area contributed by atoms with E-state index in [0.29, 0.717) is 6.61 Å². The van der Waals surface area contributed by atoms with Gasteiger partial charge in [0.2, 0.25) is 5.13 Å². The molecule has 0 saturated carbocycles. The Morgan fingerprint density at radius 2 is 2.44 bits per heavy atom. The predicted molar refractivity (Wildman–Crippen MR) is 59.9 cm³/mol. The number of aromatic nitrogens is 2. The van der Waals surface area contributed by atoms with Gasteiger partial charge in [-0.05, 0) is 12.1 Å². The molecule has 2 aromatic rings. The van der Waals surface area contributed by atoms with Crippen LogP contribution in [0.4, 0.5) is 5.13 Å². The third-order valence-corrected chi connectivity index (χ3v) is 3.06. The van der Waals surface area contributed by atoms with E-state index in [2.05, 4.69) is 15.5 Å². The zero-order chi connectivity index (χ0) is 11.0. The van der Waals surface area contributed by atoms with E-state index < -0.39 is 0 Å². The van der Waals surface area contributed by atoms with Gasteiger partial charge in [0.1, 0.15) is 23.6 Å². The average molecular weight is 235 g/mol. The van der Waals surface area contributed by atoms with Crippen LogP contribution in [0.1, 0.15) is 11.6 Å². The van der Waals surface area contributed by atoms with Crippen LogP contribution in [0.5, 0.6) is 11.5 Å². The number of phenolic OH excluding ortho intramolecular Hbond substituents is 1. The van der Waals surface area contributed by atoms with Gasteiger partial charge in [0.15, 0.2) is 0 Å². The van der Waals surface area contributed by atoms with Gasteiger partial charge in [-0.1, -0.05) is 11.3 Å². The van der Waals surface area contributed by atoms with Gasteiger partial charge in [-0.25, -0.2) is 0 Å². The summed E-state index contributed by atoms with van der Waals surface area (Å²) in [6, 6.07) is 5.21. The number of benzene rings is 1. The number of rotatable bonds is 2. The Morgan fingerprint density at radius 1 is 1.50 bits per heavy atom. The molecule has 0 amide bonds. The molecule has 5 nitrogen and oxygen atoms in total. The fourth-order valence-corrected chi connectivity index (χ4v) is 2.20. The highest BCUT2D eigenvalue weighted by atomic mass is 32.1. The molecule has 1 aromatic heterocycles. The molecular weight excluding hydrogens is 226 g/mol. The lowest BCUT2D eigenvalue weighted by Gasteiger charge is -2.09. The molecule has 1 aliphatic heterocycles. The van der Waals surface area contributed by atoms with E-state index >= 15 is 0 Å².